The molecule has 2 N–H and O–H groups in total. The molecule has 3 aromatic rings. The highest BCUT2D eigenvalue weighted by atomic mass is 32.1. The quantitative estimate of drug-likeness (QED) is 0.300. The first-order valence-corrected chi connectivity index (χ1v) is 12.5. The van der Waals surface area contributed by atoms with Crippen molar-refractivity contribution in [2.24, 2.45) is 13.0 Å². The van der Waals surface area contributed by atoms with Gasteiger partial charge >= 0.3 is 12.6 Å². The predicted molar refractivity (Wildman–Crippen MR) is 126 cm³/mol. The van der Waals surface area contributed by atoms with Crippen LogP contribution in [0.4, 0.5) is 34.3 Å². The van der Waals surface area contributed by atoms with Gasteiger partial charge in [-0.15, -0.1) is 26.6 Å². The number of thiophene rings is 1. The lowest BCUT2D eigenvalue weighted by atomic mass is 9.91. The van der Waals surface area contributed by atoms with Gasteiger partial charge in [-0.1, -0.05) is 0 Å². The number of nitrogens with one attached hydrogen (secondary N) is 2. The second kappa shape index (κ2) is 9.89. The van der Waals surface area contributed by atoms with Gasteiger partial charge in [-0.3, -0.25) is 9.36 Å². The number of ether oxygens (including phenoxy) is 2. The third-order valence-electron chi connectivity index (χ3n) is 6.37. The molecule has 0 saturated heterocycles. The monoisotopic (exact) mass is 557 g/mol. The van der Waals surface area contributed by atoms with Gasteiger partial charge in [0.1, 0.15) is 23.1 Å². The van der Waals surface area contributed by atoms with Crippen LogP contribution in [0.2, 0.25) is 0 Å². The molecule has 1 fully saturated rings. The fourth-order valence-corrected chi connectivity index (χ4v) is 5.66. The molecule has 16 heteroatoms. The lowest BCUT2D eigenvalue weighted by Gasteiger charge is -2.25. The van der Waals surface area contributed by atoms with Gasteiger partial charge in [0.15, 0.2) is 0 Å². The van der Waals surface area contributed by atoms with E-state index in [1.165, 1.54) is 28.4 Å². The average Bonchev–Trinajstić information content (AvgIpc) is 3.18. The highest BCUT2D eigenvalue weighted by Crippen LogP contribution is 2.50. The SMILES string of the molecule is CCOC(=O)c1c(NC(=O)[C@H]2CC2(F)F)sc2c1C[C@@H](n1cnnc1Nc1cc(OC(F)F)nn1C)CC2. The summed E-state index contributed by atoms with van der Waals surface area (Å²) in [4.78, 5) is 26.1. The summed E-state index contributed by atoms with van der Waals surface area (Å²) in [6.07, 6.45) is 2.51. The van der Waals surface area contributed by atoms with Crippen molar-refractivity contribution < 1.29 is 36.6 Å². The zero-order chi connectivity index (χ0) is 27.2. The number of halogens is 4. The van der Waals surface area contributed by atoms with E-state index in [9.17, 15) is 27.2 Å². The van der Waals surface area contributed by atoms with Crippen LogP contribution in [0.25, 0.3) is 0 Å². The molecule has 2 aliphatic carbocycles. The average molecular weight is 558 g/mol. The summed E-state index contributed by atoms with van der Waals surface area (Å²) in [7, 11) is 1.54. The van der Waals surface area contributed by atoms with Crippen LogP contribution in [0.3, 0.4) is 0 Å². The van der Waals surface area contributed by atoms with Crippen LogP contribution < -0.4 is 15.4 Å². The third kappa shape index (κ3) is 5.04. The molecule has 0 bridgehead atoms. The lowest BCUT2D eigenvalue weighted by molar-refractivity contribution is -0.119. The van der Waals surface area contributed by atoms with Gasteiger partial charge in [-0.2, -0.15) is 8.78 Å². The molecule has 1 saturated carbocycles. The van der Waals surface area contributed by atoms with Gasteiger partial charge in [0.2, 0.25) is 17.7 Å². The number of aryl methyl sites for hydroxylation is 2. The maximum absolute atomic E-state index is 13.4. The highest BCUT2D eigenvalue weighted by molar-refractivity contribution is 7.17. The maximum Gasteiger partial charge on any atom is 0.388 e. The normalized spacial score (nSPS) is 19.7. The molecular weight excluding hydrogens is 534 g/mol. The molecule has 3 heterocycles. The fourth-order valence-electron chi connectivity index (χ4n) is 4.43. The number of anilines is 3. The van der Waals surface area contributed by atoms with Gasteiger partial charge in [0.05, 0.1) is 12.2 Å². The van der Waals surface area contributed by atoms with Crippen molar-refractivity contribution in [2.75, 3.05) is 17.2 Å². The van der Waals surface area contributed by atoms with Crippen LogP contribution in [0.15, 0.2) is 12.4 Å². The minimum Gasteiger partial charge on any atom is -0.462 e. The van der Waals surface area contributed by atoms with Crippen molar-refractivity contribution in [1.82, 2.24) is 24.5 Å². The third-order valence-corrected chi connectivity index (χ3v) is 7.57. The van der Waals surface area contributed by atoms with E-state index >= 15 is 0 Å². The number of carbonyl (C=O) groups excluding carboxylic acids is 2. The van der Waals surface area contributed by atoms with E-state index in [2.05, 4.69) is 30.7 Å². The van der Waals surface area contributed by atoms with E-state index in [4.69, 9.17) is 4.74 Å². The van der Waals surface area contributed by atoms with Gasteiger partial charge in [0.25, 0.3) is 5.92 Å². The number of fused-ring (bicyclic) bond motifs is 1. The van der Waals surface area contributed by atoms with Gasteiger partial charge in [0, 0.05) is 30.5 Å². The van der Waals surface area contributed by atoms with Gasteiger partial charge in [-0.05, 0) is 31.7 Å². The minimum atomic E-state index is -3.03. The largest absolute Gasteiger partial charge is 0.462 e. The van der Waals surface area contributed by atoms with E-state index in [1.807, 2.05) is 0 Å². The predicted octanol–water partition coefficient (Wildman–Crippen LogP) is 3.92. The van der Waals surface area contributed by atoms with Crippen LogP contribution in [-0.2, 0) is 29.4 Å². The molecule has 0 aliphatic heterocycles. The Hall–Kier alpha value is -3.69. The lowest BCUT2D eigenvalue weighted by Crippen LogP contribution is -2.22. The topological polar surface area (TPSA) is 125 Å². The van der Waals surface area contributed by atoms with E-state index < -0.39 is 36.7 Å². The Morgan fingerprint density at radius 1 is 1.34 bits per heavy atom. The standard InChI is InChI=1S/C22H23F4N7O4S/c1-3-36-19(35)16-11-6-10(4-5-13(11)38-18(16)29-17(34)12-8-22(12,25)26)33-9-27-30-21(33)28-14-7-15(31-32(14)2)37-20(23)24/h7,9-10,12,20H,3-6,8H2,1-2H3,(H,28,30)(H,29,34)/t10-,12+/m0/s1. The molecular formula is C22H23F4N7O4S. The molecule has 38 heavy (non-hydrogen) atoms. The summed E-state index contributed by atoms with van der Waals surface area (Å²) in [5.41, 5.74) is 0.826. The number of hydrogen-bond acceptors (Lipinski definition) is 9. The molecule has 11 nitrogen and oxygen atoms in total. The first-order chi connectivity index (χ1) is 18.1. The van der Waals surface area contributed by atoms with Gasteiger partial charge < -0.3 is 20.1 Å². The minimum absolute atomic E-state index is 0.0996. The molecule has 0 spiro atoms. The second-order valence-corrected chi connectivity index (χ2v) is 9.99. The molecule has 5 rings (SSSR count). The van der Waals surface area contributed by atoms with Crippen LogP contribution >= 0.6 is 11.3 Å². The Kier molecular flexibility index (Phi) is 6.75. The number of rotatable bonds is 9. The van der Waals surface area contributed by atoms with E-state index in [0.29, 0.717) is 36.6 Å². The van der Waals surface area contributed by atoms with Crippen molar-refractivity contribution in [3.05, 3.63) is 28.4 Å². The van der Waals surface area contributed by atoms with Crippen molar-refractivity contribution in [3.8, 4) is 5.88 Å². The molecule has 0 radical (unpaired) electrons. The zero-order valence-electron chi connectivity index (χ0n) is 20.2. The van der Waals surface area contributed by atoms with Crippen molar-refractivity contribution in [2.45, 2.75) is 51.2 Å². The Morgan fingerprint density at radius 2 is 2.11 bits per heavy atom. The van der Waals surface area contributed by atoms with Gasteiger partial charge in [-0.25, -0.2) is 18.3 Å². The second-order valence-electron chi connectivity index (χ2n) is 8.89. The Labute approximate surface area is 217 Å². The molecule has 204 valence electrons. The first kappa shape index (κ1) is 25.9. The van der Waals surface area contributed by atoms with Crippen LogP contribution in [0.5, 0.6) is 5.88 Å². The molecule has 2 aliphatic rings. The zero-order valence-corrected chi connectivity index (χ0v) is 21.0. The maximum atomic E-state index is 13.4. The van der Waals surface area contributed by atoms with E-state index in [-0.39, 0.29) is 29.1 Å². The summed E-state index contributed by atoms with van der Waals surface area (Å²) in [5, 5.41) is 17.6. The van der Waals surface area contributed by atoms with Crippen LogP contribution in [0.1, 0.15) is 46.6 Å². The highest BCUT2D eigenvalue weighted by Gasteiger charge is 2.61. The summed E-state index contributed by atoms with van der Waals surface area (Å²) in [6.45, 7) is -1.27. The van der Waals surface area contributed by atoms with E-state index in [0.717, 1.165) is 4.88 Å². The number of nitrogens with zero attached hydrogens (tertiary/aromatic N) is 5. The summed E-state index contributed by atoms with van der Waals surface area (Å²) in [6, 6.07) is 1.07. The Balaban J connectivity index is 1.39. The Morgan fingerprint density at radius 3 is 2.79 bits per heavy atom. The summed E-state index contributed by atoms with van der Waals surface area (Å²) < 4.78 is 64.5. The molecule has 0 unspecified atom stereocenters. The van der Waals surface area contributed by atoms with Crippen LogP contribution in [0, 0.1) is 5.92 Å². The smallest absolute Gasteiger partial charge is 0.388 e. The molecule has 1 amide bonds. The number of alkyl halides is 4. The summed E-state index contributed by atoms with van der Waals surface area (Å²) >= 11 is 1.18. The number of aromatic nitrogens is 5. The number of carbonyl (C=O) groups is 2. The Bertz CT molecular complexity index is 1370. The molecule has 3 aromatic heterocycles. The molecule has 0 aromatic carbocycles. The van der Waals surface area contributed by atoms with Crippen molar-refractivity contribution >= 4 is 40.0 Å². The fraction of sp³-hybridized carbons (Fsp3) is 0.500. The number of hydrogen-bond donors (Lipinski definition) is 2. The van der Waals surface area contributed by atoms with E-state index in [1.54, 1.807) is 18.5 Å². The van der Waals surface area contributed by atoms with Crippen molar-refractivity contribution in [1.29, 1.82) is 0 Å². The number of amides is 1. The summed E-state index contributed by atoms with van der Waals surface area (Å²) in [5.74, 6) is -5.55. The van der Waals surface area contributed by atoms with Crippen LogP contribution in [-0.4, -0.2) is 55.6 Å². The van der Waals surface area contributed by atoms with Crippen molar-refractivity contribution in [3.63, 3.8) is 0 Å². The number of esters is 1. The molecule has 2 atom stereocenters. The first-order valence-electron chi connectivity index (χ1n) is 11.7.